The van der Waals surface area contributed by atoms with E-state index in [0.29, 0.717) is 5.69 Å². The van der Waals surface area contributed by atoms with E-state index in [0.717, 1.165) is 5.69 Å². The van der Waals surface area contributed by atoms with Crippen LogP contribution in [0.15, 0.2) is 36.5 Å². The topological polar surface area (TPSA) is 86.9 Å². The summed E-state index contributed by atoms with van der Waals surface area (Å²) in [5.74, 6) is -0.544. The van der Waals surface area contributed by atoms with Crippen molar-refractivity contribution in [3.05, 3.63) is 42.2 Å². The van der Waals surface area contributed by atoms with Crippen molar-refractivity contribution in [3.8, 4) is 5.69 Å². The van der Waals surface area contributed by atoms with Crippen LogP contribution in [0.2, 0.25) is 0 Å². The van der Waals surface area contributed by atoms with E-state index in [1.54, 1.807) is 29.1 Å². The predicted octanol–water partition coefficient (Wildman–Crippen LogP) is 0.553. The Balaban J connectivity index is 2.41. The highest BCUT2D eigenvalue weighted by Crippen LogP contribution is 2.11. The van der Waals surface area contributed by atoms with Gasteiger partial charge in [-0.25, -0.2) is 4.68 Å². The van der Waals surface area contributed by atoms with E-state index in [1.807, 2.05) is 12.1 Å². The number of hydrogen-bond donors (Lipinski definition) is 2. The first-order valence-corrected chi connectivity index (χ1v) is 4.38. The fraction of sp³-hybridized carbons (Fsp3) is 0. The molecule has 0 fully saturated rings. The largest absolute Gasteiger partial charge is 0.399 e. The van der Waals surface area contributed by atoms with Crippen LogP contribution in [0, 0.1) is 0 Å². The van der Waals surface area contributed by atoms with Gasteiger partial charge in [0.2, 0.25) is 0 Å². The normalized spacial score (nSPS) is 10.1. The number of benzene rings is 1. The zero-order valence-electron chi connectivity index (χ0n) is 7.92. The lowest BCUT2D eigenvalue weighted by atomic mass is 10.3. The number of anilines is 1. The number of nitrogens with zero attached hydrogens (tertiary/aromatic N) is 2. The quantitative estimate of drug-likeness (QED) is 0.697. The van der Waals surface area contributed by atoms with Crippen LogP contribution >= 0.6 is 0 Å². The third kappa shape index (κ3) is 1.80. The third-order valence-electron chi connectivity index (χ3n) is 1.98. The van der Waals surface area contributed by atoms with Gasteiger partial charge in [-0.1, -0.05) is 6.07 Å². The minimum Gasteiger partial charge on any atom is -0.399 e. The van der Waals surface area contributed by atoms with Crippen molar-refractivity contribution in [2.75, 3.05) is 5.73 Å². The molecule has 0 aliphatic heterocycles. The number of carbonyl (C=O) groups is 1. The van der Waals surface area contributed by atoms with Gasteiger partial charge < -0.3 is 11.5 Å². The number of rotatable bonds is 2. The van der Waals surface area contributed by atoms with Gasteiger partial charge in [-0.05, 0) is 24.3 Å². The van der Waals surface area contributed by atoms with Gasteiger partial charge in [-0.2, -0.15) is 5.10 Å². The van der Waals surface area contributed by atoms with Gasteiger partial charge in [-0.3, -0.25) is 4.79 Å². The summed E-state index contributed by atoms with van der Waals surface area (Å²) in [6, 6.07) is 8.76. The molecule has 0 aliphatic carbocycles. The summed E-state index contributed by atoms with van der Waals surface area (Å²) in [5.41, 5.74) is 12.4. The number of nitrogens with two attached hydrogens (primary N) is 2. The molecule has 0 aliphatic rings. The van der Waals surface area contributed by atoms with E-state index >= 15 is 0 Å². The minimum atomic E-state index is -0.544. The van der Waals surface area contributed by atoms with E-state index in [4.69, 9.17) is 11.5 Å². The second-order valence-electron chi connectivity index (χ2n) is 3.10. The first-order valence-electron chi connectivity index (χ1n) is 4.38. The Labute approximate surface area is 86.3 Å². The number of hydrogen-bond acceptors (Lipinski definition) is 3. The predicted molar refractivity (Wildman–Crippen MR) is 56.5 cm³/mol. The molecule has 0 atom stereocenters. The van der Waals surface area contributed by atoms with Crippen molar-refractivity contribution in [1.82, 2.24) is 9.78 Å². The smallest absolute Gasteiger partial charge is 0.269 e. The summed E-state index contributed by atoms with van der Waals surface area (Å²) in [6.07, 6.45) is 1.66. The number of carbonyl (C=O) groups excluding carboxylic acids is 1. The average molecular weight is 202 g/mol. The molecule has 76 valence electrons. The van der Waals surface area contributed by atoms with Gasteiger partial charge in [0.05, 0.1) is 5.69 Å². The maximum Gasteiger partial charge on any atom is 0.269 e. The van der Waals surface area contributed by atoms with E-state index in [1.165, 1.54) is 0 Å². The van der Waals surface area contributed by atoms with Crippen molar-refractivity contribution in [3.63, 3.8) is 0 Å². The van der Waals surface area contributed by atoms with Crippen LogP contribution in [0.25, 0.3) is 5.69 Å². The molecule has 5 nitrogen and oxygen atoms in total. The van der Waals surface area contributed by atoms with Gasteiger partial charge in [0, 0.05) is 11.9 Å². The lowest BCUT2D eigenvalue weighted by molar-refractivity contribution is 0.0995. The summed E-state index contributed by atoms with van der Waals surface area (Å²) < 4.78 is 1.55. The highest BCUT2D eigenvalue weighted by Gasteiger charge is 2.05. The summed E-state index contributed by atoms with van der Waals surface area (Å²) in [5, 5.41) is 4.01. The molecule has 1 amide bonds. The Morgan fingerprint density at radius 2 is 2.13 bits per heavy atom. The molecule has 4 N–H and O–H groups in total. The fourth-order valence-electron chi connectivity index (χ4n) is 1.27. The number of nitrogen functional groups attached to an aromatic ring is 1. The monoisotopic (exact) mass is 202 g/mol. The van der Waals surface area contributed by atoms with Crippen LogP contribution in [-0.4, -0.2) is 15.7 Å². The van der Waals surface area contributed by atoms with Gasteiger partial charge in [0.15, 0.2) is 0 Å². The van der Waals surface area contributed by atoms with Crippen LogP contribution < -0.4 is 11.5 Å². The van der Waals surface area contributed by atoms with Crippen LogP contribution in [0.5, 0.6) is 0 Å². The highest BCUT2D eigenvalue weighted by molar-refractivity contribution is 5.90. The average Bonchev–Trinajstić information content (AvgIpc) is 2.66. The van der Waals surface area contributed by atoms with E-state index < -0.39 is 5.91 Å². The zero-order valence-corrected chi connectivity index (χ0v) is 7.92. The minimum absolute atomic E-state index is 0.234. The maximum atomic E-state index is 10.8. The SMILES string of the molecule is NC(=O)c1ccn(-c2cccc(N)c2)n1. The van der Waals surface area contributed by atoms with Crippen LogP contribution in [-0.2, 0) is 0 Å². The Bertz CT molecular complexity index is 504. The van der Waals surface area contributed by atoms with Crippen LogP contribution in [0.1, 0.15) is 10.5 Å². The highest BCUT2D eigenvalue weighted by atomic mass is 16.1. The first-order chi connectivity index (χ1) is 7.16. The molecule has 0 radical (unpaired) electrons. The zero-order chi connectivity index (χ0) is 10.8. The molecule has 1 aromatic carbocycles. The Hall–Kier alpha value is -2.30. The summed E-state index contributed by atoms with van der Waals surface area (Å²) >= 11 is 0. The van der Waals surface area contributed by atoms with E-state index in [-0.39, 0.29) is 5.69 Å². The summed E-state index contributed by atoms with van der Waals surface area (Å²) in [7, 11) is 0. The number of amides is 1. The number of aromatic nitrogens is 2. The Morgan fingerprint density at radius 1 is 1.33 bits per heavy atom. The molecular formula is C10H10N4O. The maximum absolute atomic E-state index is 10.8. The standard InChI is InChI=1S/C10H10N4O/c11-7-2-1-3-8(6-7)14-5-4-9(13-14)10(12)15/h1-6H,11H2,(H2,12,15). The van der Waals surface area contributed by atoms with Crippen molar-refractivity contribution in [2.24, 2.45) is 5.73 Å². The fourth-order valence-corrected chi connectivity index (χ4v) is 1.27. The number of primary amides is 1. The second kappa shape index (κ2) is 3.45. The van der Waals surface area contributed by atoms with Gasteiger partial charge in [-0.15, -0.1) is 0 Å². The van der Waals surface area contributed by atoms with E-state index in [9.17, 15) is 4.79 Å². The van der Waals surface area contributed by atoms with Gasteiger partial charge >= 0.3 is 0 Å². The molecule has 2 rings (SSSR count). The summed E-state index contributed by atoms with van der Waals surface area (Å²) in [4.78, 5) is 10.8. The van der Waals surface area contributed by atoms with Crippen LogP contribution in [0.4, 0.5) is 5.69 Å². The Morgan fingerprint density at radius 3 is 2.73 bits per heavy atom. The van der Waals surface area contributed by atoms with E-state index in [2.05, 4.69) is 5.10 Å². The lowest BCUT2D eigenvalue weighted by Gasteiger charge is -2.01. The molecule has 0 spiro atoms. The molecule has 0 saturated carbocycles. The molecule has 0 bridgehead atoms. The van der Waals surface area contributed by atoms with Crippen molar-refractivity contribution < 1.29 is 4.79 Å². The summed E-state index contributed by atoms with van der Waals surface area (Å²) in [6.45, 7) is 0. The molecule has 0 saturated heterocycles. The van der Waals surface area contributed by atoms with Crippen LogP contribution in [0.3, 0.4) is 0 Å². The third-order valence-corrected chi connectivity index (χ3v) is 1.98. The molecule has 2 aromatic rings. The molecule has 0 unspecified atom stereocenters. The van der Waals surface area contributed by atoms with Gasteiger partial charge in [0.1, 0.15) is 5.69 Å². The molecule has 1 aromatic heterocycles. The second-order valence-corrected chi connectivity index (χ2v) is 3.10. The molecule has 1 heterocycles. The van der Waals surface area contributed by atoms with Crippen molar-refractivity contribution >= 4 is 11.6 Å². The Kier molecular flexibility index (Phi) is 2.13. The van der Waals surface area contributed by atoms with Crippen molar-refractivity contribution in [1.29, 1.82) is 0 Å². The van der Waals surface area contributed by atoms with Gasteiger partial charge in [0.25, 0.3) is 5.91 Å². The lowest BCUT2D eigenvalue weighted by Crippen LogP contribution is -2.12. The first kappa shape index (κ1) is 9.26. The molecule has 5 heteroatoms. The van der Waals surface area contributed by atoms with Crippen molar-refractivity contribution in [2.45, 2.75) is 0 Å². The molecular weight excluding hydrogens is 192 g/mol. The molecule has 15 heavy (non-hydrogen) atoms.